The molecule has 0 bridgehead atoms. The third kappa shape index (κ3) is 2.02. The number of hydrogen-bond donors (Lipinski definition) is 1. The molecule has 2 fully saturated rings. The van der Waals surface area contributed by atoms with E-state index in [1.807, 2.05) is 0 Å². The Labute approximate surface area is 119 Å². The lowest BCUT2D eigenvalue weighted by atomic mass is 9.81. The van der Waals surface area contributed by atoms with Crippen LogP contribution in [0.25, 0.3) is 0 Å². The van der Waals surface area contributed by atoms with Crippen molar-refractivity contribution in [3.05, 3.63) is 20.8 Å². The molecule has 18 heavy (non-hydrogen) atoms. The lowest BCUT2D eigenvalue weighted by molar-refractivity contribution is -0.149. The van der Waals surface area contributed by atoms with Gasteiger partial charge >= 0.3 is 5.97 Å². The van der Waals surface area contributed by atoms with Gasteiger partial charge in [0.15, 0.2) is 0 Å². The topological polar surface area (TPSA) is 40.5 Å². The third-order valence-electron chi connectivity index (χ3n) is 4.40. The van der Waals surface area contributed by atoms with E-state index in [0.717, 1.165) is 42.7 Å². The summed E-state index contributed by atoms with van der Waals surface area (Å²) in [6, 6.07) is 2.13. The molecule has 2 atom stereocenters. The molecule has 1 aromatic rings. The first-order chi connectivity index (χ1) is 8.60. The molecule has 3 nitrogen and oxygen atoms in total. The van der Waals surface area contributed by atoms with Crippen LogP contribution in [0.3, 0.4) is 0 Å². The first-order valence-electron chi connectivity index (χ1n) is 6.29. The Bertz CT molecular complexity index is 475. The molecule has 1 saturated heterocycles. The molecular formula is C13H16BrNO2S. The van der Waals surface area contributed by atoms with Crippen molar-refractivity contribution in [2.75, 3.05) is 13.1 Å². The van der Waals surface area contributed by atoms with E-state index in [9.17, 15) is 9.90 Å². The van der Waals surface area contributed by atoms with Gasteiger partial charge in [-0.1, -0.05) is 6.42 Å². The minimum absolute atomic E-state index is 0.358. The lowest BCUT2D eigenvalue weighted by Crippen LogP contribution is -2.35. The molecule has 1 N–H and O–H groups in total. The number of halogens is 1. The number of carboxylic acid groups (broad SMARTS) is 1. The van der Waals surface area contributed by atoms with Crippen molar-refractivity contribution in [2.45, 2.75) is 25.8 Å². The average molecular weight is 330 g/mol. The van der Waals surface area contributed by atoms with Gasteiger partial charge in [0.1, 0.15) is 0 Å². The van der Waals surface area contributed by atoms with Gasteiger partial charge in [0.05, 0.1) is 9.20 Å². The zero-order chi connectivity index (χ0) is 12.8. The lowest BCUT2D eigenvalue weighted by Gasteiger charge is -2.23. The zero-order valence-electron chi connectivity index (χ0n) is 10.1. The standard InChI is InChI=1S/C13H16BrNO2S/c14-11-4-9(7-18-11)5-15-6-10-2-1-3-13(10,8-15)12(16)17/h4,7,10H,1-3,5-6,8H2,(H,16,17)/t10-,13+/m0/s1. The van der Waals surface area contributed by atoms with Crippen LogP contribution in [0.2, 0.25) is 0 Å². The van der Waals surface area contributed by atoms with Gasteiger partial charge in [-0.15, -0.1) is 11.3 Å². The summed E-state index contributed by atoms with van der Waals surface area (Å²) in [6.45, 7) is 2.55. The van der Waals surface area contributed by atoms with Gasteiger partial charge in [0, 0.05) is 19.6 Å². The van der Waals surface area contributed by atoms with Gasteiger partial charge in [0.25, 0.3) is 0 Å². The second-order valence-corrected chi connectivity index (χ2v) is 7.77. The maximum absolute atomic E-state index is 11.6. The summed E-state index contributed by atoms with van der Waals surface area (Å²) in [5.74, 6) is -0.226. The minimum atomic E-state index is -0.584. The first-order valence-corrected chi connectivity index (χ1v) is 7.96. The molecule has 5 heteroatoms. The van der Waals surface area contributed by atoms with Crippen LogP contribution in [-0.4, -0.2) is 29.1 Å². The molecule has 0 radical (unpaired) electrons. The Kier molecular flexibility index (Phi) is 3.24. The third-order valence-corrected chi connectivity index (χ3v) is 5.95. The highest BCUT2D eigenvalue weighted by atomic mass is 79.9. The smallest absolute Gasteiger partial charge is 0.311 e. The fourth-order valence-corrected chi connectivity index (χ4v) is 4.75. The minimum Gasteiger partial charge on any atom is -0.481 e. The summed E-state index contributed by atoms with van der Waals surface area (Å²) < 4.78 is 1.14. The molecule has 0 unspecified atom stereocenters. The molecule has 3 rings (SSSR count). The van der Waals surface area contributed by atoms with Crippen LogP contribution in [-0.2, 0) is 11.3 Å². The number of rotatable bonds is 3. The van der Waals surface area contributed by atoms with Crippen LogP contribution in [0.1, 0.15) is 24.8 Å². The summed E-state index contributed by atoms with van der Waals surface area (Å²) in [4.78, 5) is 13.9. The molecule has 2 heterocycles. The van der Waals surface area contributed by atoms with E-state index in [-0.39, 0.29) is 0 Å². The largest absolute Gasteiger partial charge is 0.481 e. The molecular weight excluding hydrogens is 314 g/mol. The number of nitrogens with zero attached hydrogens (tertiary/aromatic N) is 1. The van der Waals surface area contributed by atoms with Gasteiger partial charge < -0.3 is 5.11 Å². The monoisotopic (exact) mass is 329 g/mol. The summed E-state index contributed by atoms with van der Waals surface area (Å²) in [6.07, 6.45) is 3.02. The Balaban J connectivity index is 1.73. The highest BCUT2D eigenvalue weighted by molar-refractivity contribution is 9.11. The van der Waals surface area contributed by atoms with Crippen LogP contribution in [0.15, 0.2) is 15.2 Å². The Morgan fingerprint density at radius 1 is 1.67 bits per heavy atom. The highest BCUT2D eigenvalue weighted by Gasteiger charge is 2.54. The van der Waals surface area contributed by atoms with E-state index in [1.54, 1.807) is 11.3 Å². The van der Waals surface area contributed by atoms with Gasteiger partial charge in [-0.2, -0.15) is 0 Å². The summed E-state index contributed by atoms with van der Waals surface area (Å²) in [5, 5.41) is 11.7. The quantitative estimate of drug-likeness (QED) is 0.925. The van der Waals surface area contributed by atoms with Gasteiger partial charge in [-0.3, -0.25) is 9.69 Å². The summed E-state index contributed by atoms with van der Waals surface area (Å²) in [5.41, 5.74) is 0.833. The number of fused-ring (bicyclic) bond motifs is 1. The number of hydrogen-bond acceptors (Lipinski definition) is 3. The van der Waals surface area contributed by atoms with Crippen LogP contribution in [0.4, 0.5) is 0 Å². The number of likely N-dealkylation sites (tertiary alicyclic amines) is 1. The Morgan fingerprint density at radius 3 is 3.11 bits per heavy atom. The molecule has 1 saturated carbocycles. The predicted molar refractivity (Wildman–Crippen MR) is 74.7 cm³/mol. The van der Waals surface area contributed by atoms with Gasteiger partial charge in [0.2, 0.25) is 0 Å². The predicted octanol–water partition coefficient (Wildman–Crippen LogP) is 3.20. The average Bonchev–Trinajstić information content (AvgIpc) is 2.93. The Morgan fingerprint density at radius 2 is 2.50 bits per heavy atom. The van der Waals surface area contributed by atoms with Crippen molar-refractivity contribution < 1.29 is 9.90 Å². The SMILES string of the molecule is O=C(O)[C@@]12CCC[C@H]1CN(Cc1csc(Br)c1)C2. The normalized spacial score (nSPS) is 31.7. The van der Waals surface area contributed by atoms with E-state index in [2.05, 4.69) is 32.3 Å². The van der Waals surface area contributed by atoms with Gasteiger partial charge in [-0.05, 0) is 51.7 Å². The first kappa shape index (κ1) is 12.6. The van der Waals surface area contributed by atoms with Crippen molar-refractivity contribution in [3.63, 3.8) is 0 Å². The number of thiophene rings is 1. The molecule has 98 valence electrons. The van der Waals surface area contributed by atoms with Crippen molar-refractivity contribution in [3.8, 4) is 0 Å². The molecule has 0 spiro atoms. The summed E-state index contributed by atoms with van der Waals surface area (Å²) in [7, 11) is 0. The second-order valence-electron chi connectivity index (χ2n) is 5.48. The van der Waals surface area contributed by atoms with E-state index in [1.165, 1.54) is 5.56 Å². The van der Waals surface area contributed by atoms with Crippen LogP contribution in [0.5, 0.6) is 0 Å². The van der Waals surface area contributed by atoms with Crippen LogP contribution >= 0.6 is 27.3 Å². The van der Waals surface area contributed by atoms with Crippen molar-refractivity contribution >= 4 is 33.2 Å². The number of carbonyl (C=O) groups is 1. The fourth-order valence-electron chi connectivity index (χ4n) is 3.55. The summed E-state index contributed by atoms with van der Waals surface area (Å²) >= 11 is 5.16. The highest BCUT2D eigenvalue weighted by Crippen LogP contribution is 2.49. The maximum Gasteiger partial charge on any atom is 0.311 e. The number of carboxylic acids is 1. The molecule has 0 amide bonds. The zero-order valence-corrected chi connectivity index (χ0v) is 12.5. The molecule has 0 aromatic carbocycles. The maximum atomic E-state index is 11.6. The van der Waals surface area contributed by atoms with Crippen LogP contribution < -0.4 is 0 Å². The molecule has 1 aliphatic carbocycles. The van der Waals surface area contributed by atoms with Gasteiger partial charge in [-0.25, -0.2) is 0 Å². The number of aliphatic carboxylic acids is 1. The van der Waals surface area contributed by atoms with Crippen molar-refractivity contribution in [1.82, 2.24) is 4.90 Å². The van der Waals surface area contributed by atoms with E-state index in [0.29, 0.717) is 5.92 Å². The Hall–Kier alpha value is -0.390. The molecule has 1 aromatic heterocycles. The molecule has 2 aliphatic rings. The molecule has 1 aliphatic heterocycles. The van der Waals surface area contributed by atoms with E-state index >= 15 is 0 Å². The second kappa shape index (κ2) is 4.62. The van der Waals surface area contributed by atoms with E-state index < -0.39 is 11.4 Å². The van der Waals surface area contributed by atoms with E-state index in [4.69, 9.17) is 0 Å². The van der Waals surface area contributed by atoms with Crippen molar-refractivity contribution in [2.24, 2.45) is 11.3 Å². The van der Waals surface area contributed by atoms with Crippen LogP contribution in [0, 0.1) is 11.3 Å². The fraction of sp³-hybridized carbons (Fsp3) is 0.615. The van der Waals surface area contributed by atoms with Crippen molar-refractivity contribution in [1.29, 1.82) is 0 Å².